The molecule has 1 aromatic carbocycles. The first-order valence-corrected chi connectivity index (χ1v) is 12.8. The lowest BCUT2D eigenvalue weighted by Gasteiger charge is -2.45. The van der Waals surface area contributed by atoms with E-state index in [1.807, 2.05) is 26.8 Å². The van der Waals surface area contributed by atoms with Crippen LogP contribution in [0.1, 0.15) is 73.1 Å². The molecule has 182 valence electrons. The second kappa shape index (κ2) is 10.3. The van der Waals surface area contributed by atoms with Gasteiger partial charge in [-0.1, -0.05) is 25.4 Å². The van der Waals surface area contributed by atoms with Gasteiger partial charge in [-0.15, -0.1) is 0 Å². The van der Waals surface area contributed by atoms with Crippen LogP contribution in [0.2, 0.25) is 5.02 Å². The van der Waals surface area contributed by atoms with Gasteiger partial charge < -0.3 is 19.8 Å². The van der Waals surface area contributed by atoms with Gasteiger partial charge in [0.2, 0.25) is 0 Å². The molecule has 0 aliphatic heterocycles. The zero-order valence-corrected chi connectivity index (χ0v) is 22.4. The Labute approximate surface area is 208 Å². The summed E-state index contributed by atoms with van der Waals surface area (Å²) in [5.74, 6) is 0.586. The lowest BCUT2D eigenvalue weighted by atomic mass is 9.66. The maximum atomic E-state index is 12.4. The van der Waals surface area contributed by atoms with Crippen molar-refractivity contribution < 1.29 is 14.3 Å². The fourth-order valence-corrected chi connectivity index (χ4v) is 5.51. The third kappa shape index (κ3) is 6.04. The lowest BCUT2D eigenvalue weighted by molar-refractivity contribution is 0.0249. The van der Waals surface area contributed by atoms with Crippen LogP contribution in [0.25, 0.3) is 10.8 Å². The number of H-pyrrole nitrogens is 1. The Kier molecular flexibility index (Phi) is 8.05. The highest BCUT2D eigenvalue weighted by molar-refractivity contribution is 9.10. The fourth-order valence-electron chi connectivity index (χ4n) is 4.86. The summed E-state index contributed by atoms with van der Waals surface area (Å²) in [7, 11) is 0. The Bertz CT molecular complexity index is 1050. The number of halogens is 2. The molecule has 1 aromatic heterocycles. The van der Waals surface area contributed by atoms with E-state index in [1.54, 1.807) is 12.3 Å². The Hall–Kier alpha value is -1.73. The van der Waals surface area contributed by atoms with Gasteiger partial charge in [0.15, 0.2) is 0 Å². The van der Waals surface area contributed by atoms with Crippen molar-refractivity contribution in [1.82, 2.24) is 10.3 Å². The maximum Gasteiger partial charge on any atom is 0.407 e. The summed E-state index contributed by atoms with van der Waals surface area (Å²) in [6, 6.07) is 3.54. The second-order valence-electron chi connectivity index (χ2n) is 9.93. The van der Waals surface area contributed by atoms with Gasteiger partial charge in [-0.25, -0.2) is 4.79 Å². The molecular weight excluding hydrogens is 508 g/mol. The van der Waals surface area contributed by atoms with Crippen LogP contribution in [0.5, 0.6) is 5.75 Å². The molecule has 1 aliphatic rings. The monoisotopic (exact) mass is 540 g/mol. The molecule has 1 saturated carbocycles. The Balaban J connectivity index is 1.71. The summed E-state index contributed by atoms with van der Waals surface area (Å²) < 4.78 is 12.6. The number of aromatic amines is 1. The van der Waals surface area contributed by atoms with Crippen molar-refractivity contribution in [3.63, 3.8) is 0 Å². The molecule has 1 amide bonds. The van der Waals surface area contributed by atoms with Crippen molar-refractivity contribution in [3.05, 3.63) is 38.2 Å². The van der Waals surface area contributed by atoms with E-state index in [0.717, 1.165) is 48.4 Å². The largest absolute Gasteiger partial charge is 0.489 e. The number of carbonyl (C=O) groups is 1. The zero-order valence-electron chi connectivity index (χ0n) is 20.0. The third-order valence-electron chi connectivity index (χ3n) is 6.67. The van der Waals surface area contributed by atoms with E-state index in [9.17, 15) is 9.59 Å². The molecule has 1 fully saturated rings. The lowest BCUT2D eigenvalue weighted by Crippen LogP contribution is -2.50. The summed E-state index contributed by atoms with van der Waals surface area (Å²) in [5, 5.41) is 4.85. The van der Waals surface area contributed by atoms with Crippen LogP contribution in [0.3, 0.4) is 0 Å². The van der Waals surface area contributed by atoms with E-state index in [2.05, 4.69) is 40.1 Å². The first kappa shape index (κ1) is 25.9. The molecule has 3 rings (SSSR count). The van der Waals surface area contributed by atoms with Crippen LogP contribution in [0.15, 0.2) is 27.6 Å². The van der Waals surface area contributed by atoms with E-state index < -0.39 is 5.60 Å². The third-order valence-corrected chi connectivity index (χ3v) is 7.62. The number of rotatable bonds is 6. The number of fused-ring (bicyclic) bond motifs is 1. The van der Waals surface area contributed by atoms with Gasteiger partial charge in [-0.2, -0.15) is 0 Å². The van der Waals surface area contributed by atoms with Gasteiger partial charge in [0.25, 0.3) is 5.56 Å². The average Bonchev–Trinajstić information content (AvgIpc) is 2.75. The summed E-state index contributed by atoms with van der Waals surface area (Å²) in [4.78, 5) is 27.2. The number of benzene rings is 1. The highest BCUT2D eigenvalue weighted by Gasteiger charge is 2.41. The van der Waals surface area contributed by atoms with E-state index in [4.69, 9.17) is 21.1 Å². The molecule has 2 N–H and O–H groups in total. The standard InChI is InChI=1S/C25H34BrClN2O4/c1-6-21(29-23(31)33-24(3,4)5)25(7-2)10-8-15(9-11-25)32-20-13-16-17(12-19(20)27)22(30)28-14-18(16)26/h12-15,21H,6-11H2,1-5H3,(H,28,30)(H,29,31)/t15-,21?,25+. The number of aromatic nitrogens is 1. The summed E-state index contributed by atoms with van der Waals surface area (Å²) in [6.45, 7) is 9.92. The summed E-state index contributed by atoms with van der Waals surface area (Å²) in [5.41, 5.74) is -0.698. The van der Waals surface area contributed by atoms with Crippen LogP contribution in [0, 0.1) is 5.41 Å². The number of carbonyl (C=O) groups excluding carboxylic acids is 1. The molecule has 1 heterocycles. The maximum absolute atomic E-state index is 12.4. The number of hydrogen-bond donors (Lipinski definition) is 2. The van der Waals surface area contributed by atoms with Gasteiger partial charge >= 0.3 is 6.09 Å². The van der Waals surface area contributed by atoms with Crippen LogP contribution < -0.4 is 15.6 Å². The minimum atomic E-state index is -0.522. The molecule has 0 saturated heterocycles. The normalized spacial score (nSPS) is 22.1. The summed E-state index contributed by atoms with van der Waals surface area (Å²) in [6.07, 6.45) is 6.73. The SMILES string of the molecule is CCC(NC(=O)OC(C)(C)C)[C@]1(CC)CC[C@H](Oc2cc3c(Br)c[nH]c(=O)c3cc2Cl)CC1. The average molecular weight is 542 g/mol. The summed E-state index contributed by atoms with van der Waals surface area (Å²) >= 11 is 9.95. The van der Waals surface area contributed by atoms with E-state index in [-0.39, 0.29) is 29.2 Å². The number of nitrogens with one attached hydrogen (secondary N) is 2. The topological polar surface area (TPSA) is 80.4 Å². The molecule has 0 bridgehead atoms. The van der Waals surface area contributed by atoms with Gasteiger partial charge in [-0.05, 0) is 92.8 Å². The van der Waals surface area contributed by atoms with Crippen LogP contribution in [0.4, 0.5) is 4.79 Å². The molecule has 0 spiro atoms. The number of pyridine rings is 1. The molecule has 0 radical (unpaired) electrons. The van der Waals surface area contributed by atoms with Crippen LogP contribution in [-0.4, -0.2) is 28.8 Å². The first-order chi connectivity index (χ1) is 15.5. The Morgan fingerprint density at radius 1 is 1.27 bits per heavy atom. The van der Waals surface area contributed by atoms with E-state index in [1.165, 1.54) is 0 Å². The van der Waals surface area contributed by atoms with Crippen molar-refractivity contribution >= 4 is 44.4 Å². The Morgan fingerprint density at radius 3 is 2.52 bits per heavy atom. The number of alkyl carbamates (subject to hydrolysis) is 1. The smallest absolute Gasteiger partial charge is 0.407 e. The van der Waals surface area contributed by atoms with Gasteiger partial charge in [0.05, 0.1) is 11.1 Å². The Morgan fingerprint density at radius 2 is 1.94 bits per heavy atom. The highest BCUT2D eigenvalue weighted by atomic mass is 79.9. The number of hydrogen-bond acceptors (Lipinski definition) is 4. The zero-order chi connectivity index (χ0) is 24.4. The molecule has 33 heavy (non-hydrogen) atoms. The molecular formula is C25H34BrClN2O4. The minimum absolute atomic E-state index is 0.00894. The van der Waals surface area contributed by atoms with Crippen LogP contribution in [-0.2, 0) is 4.74 Å². The minimum Gasteiger partial charge on any atom is -0.489 e. The van der Waals surface area contributed by atoms with Gasteiger partial charge in [-0.3, -0.25) is 4.79 Å². The van der Waals surface area contributed by atoms with Crippen molar-refractivity contribution in [1.29, 1.82) is 0 Å². The fraction of sp³-hybridized carbons (Fsp3) is 0.600. The number of ether oxygens (including phenoxy) is 2. The molecule has 1 unspecified atom stereocenters. The molecule has 2 aromatic rings. The van der Waals surface area contributed by atoms with Crippen molar-refractivity contribution in [2.45, 2.75) is 90.9 Å². The van der Waals surface area contributed by atoms with E-state index >= 15 is 0 Å². The van der Waals surface area contributed by atoms with E-state index in [0.29, 0.717) is 16.2 Å². The van der Waals surface area contributed by atoms with Crippen LogP contribution >= 0.6 is 27.5 Å². The van der Waals surface area contributed by atoms with Crippen molar-refractivity contribution in [2.24, 2.45) is 5.41 Å². The highest BCUT2D eigenvalue weighted by Crippen LogP contribution is 2.45. The predicted octanol–water partition coefficient (Wildman–Crippen LogP) is 6.97. The van der Waals surface area contributed by atoms with Crippen molar-refractivity contribution in [3.8, 4) is 5.75 Å². The predicted molar refractivity (Wildman–Crippen MR) is 136 cm³/mol. The van der Waals surface area contributed by atoms with Crippen molar-refractivity contribution in [2.75, 3.05) is 0 Å². The molecule has 6 nitrogen and oxygen atoms in total. The van der Waals surface area contributed by atoms with Gasteiger partial charge in [0.1, 0.15) is 11.4 Å². The second-order valence-corrected chi connectivity index (χ2v) is 11.2. The molecule has 8 heteroatoms. The van der Waals surface area contributed by atoms with Gasteiger partial charge in [0, 0.05) is 27.5 Å². The quantitative estimate of drug-likeness (QED) is 0.414. The number of amides is 1. The molecule has 1 aliphatic carbocycles. The molecule has 1 atom stereocenters. The first-order valence-electron chi connectivity index (χ1n) is 11.6.